The van der Waals surface area contributed by atoms with Gasteiger partial charge in [0.15, 0.2) is 0 Å². The van der Waals surface area contributed by atoms with Gasteiger partial charge in [-0.2, -0.15) is 0 Å². The molecular formula is C19H19N3O3. The summed E-state index contributed by atoms with van der Waals surface area (Å²) in [6.45, 7) is 2.05. The second-order valence-electron chi connectivity index (χ2n) is 6.00. The number of anilines is 1. The fraction of sp³-hybridized carbons (Fsp3) is 0.263. The van der Waals surface area contributed by atoms with Crippen molar-refractivity contribution >= 4 is 22.6 Å². The number of hydrogen-bond donors (Lipinski definition) is 0. The van der Waals surface area contributed by atoms with E-state index in [0.717, 1.165) is 34.8 Å². The number of amides is 1. The molecule has 2 heterocycles. The highest BCUT2D eigenvalue weighted by molar-refractivity contribution is 6.06. The van der Waals surface area contributed by atoms with E-state index in [2.05, 4.69) is 9.55 Å². The molecule has 6 heteroatoms. The number of carbonyl (C=O) groups is 1. The molecule has 2 aromatic carbocycles. The summed E-state index contributed by atoms with van der Waals surface area (Å²) in [4.78, 5) is 19.0. The van der Waals surface area contributed by atoms with E-state index in [4.69, 9.17) is 9.47 Å². The van der Waals surface area contributed by atoms with Gasteiger partial charge in [0.2, 0.25) is 0 Å². The van der Waals surface area contributed by atoms with Gasteiger partial charge in [0.1, 0.15) is 18.2 Å². The molecule has 0 saturated carbocycles. The number of benzene rings is 2. The average Bonchev–Trinajstić information content (AvgIpc) is 3.04. The highest BCUT2D eigenvalue weighted by atomic mass is 16.5. The summed E-state index contributed by atoms with van der Waals surface area (Å²) in [5.74, 6) is 1.59. The molecule has 0 atom stereocenters. The molecule has 1 amide bonds. The Bertz CT molecular complexity index is 931. The van der Waals surface area contributed by atoms with Crippen molar-refractivity contribution in [2.75, 3.05) is 25.7 Å². The molecule has 0 unspecified atom stereocenters. The molecule has 1 aliphatic heterocycles. The van der Waals surface area contributed by atoms with Crippen LogP contribution in [0.4, 0.5) is 5.69 Å². The second kappa shape index (κ2) is 6.22. The van der Waals surface area contributed by atoms with Crippen LogP contribution in [0.25, 0.3) is 11.0 Å². The number of rotatable bonds is 3. The van der Waals surface area contributed by atoms with Crippen LogP contribution >= 0.6 is 0 Å². The van der Waals surface area contributed by atoms with Gasteiger partial charge >= 0.3 is 0 Å². The molecular weight excluding hydrogens is 318 g/mol. The zero-order valence-electron chi connectivity index (χ0n) is 14.2. The van der Waals surface area contributed by atoms with Crippen molar-refractivity contribution in [1.29, 1.82) is 0 Å². The molecule has 0 N–H and O–H groups in total. The number of ether oxygens (including phenoxy) is 2. The van der Waals surface area contributed by atoms with Crippen LogP contribution in [-0.4, -0.2) is 36.2 Å². The largest absolute Gasteiger partial charge is 0.497 e. The minimum absolute atomic E-state index is 0.0747. The molecule has 0 saturated heterocycles. The maximum absolute atomic E-state index is 12.7. The Kier molecular flexibility index (Phi) is 3.89. The summed E-state index contributed by atoms with van der Waals surface area (Å²) in [6, 6.07) is 13.0. The Hall–Kier alpha value is -2.86. The van der Waals surface area contributed by atoms with Crippen LogP contribution < -0.4 is 9.64 Å². The summed E-state index contributed by atoms with van der Waals surface area (Å²) in [5, 5.41) is 0. The standard InChI is InChI=1S/C19H19N3O3/c1-21(19(23)13-3-6-15(24-2)7-4-13)14-5-8-17-16(11-14)20-18-12-25-10-9-22(17)18/h3-8,11H,9-10,12H2,1-2H3. The summed E-state index contributed by atoms with van der Waals surface area (Å²) < 4.78 is 12.8. The lowest BCUT2D eigenvalue weighted by Crippen LogP contribution is -2.26. The van der Waals surface area contributed by atoms with E-state index < -0.39 is 0 Å². The summed E-state index contributed by atoms with van der Waals surface area (Å²) in [5.41, 5.74) is 3.38. The smallest absolute Gasteiger partial charge is 0.258 e. The summed E-state index contributed by atoms with van der Waals surface area (Å²) >= 11 is 0. The molecule has 0 bridgehead atoms. The molecule has 0 spiro atoms. The van der Waals surface area contributed by atoms with Crippen LogP contribution in [0.15, 0.2) is 42.5 Å². The van der Waals surface area contributed by atoms with E-state index in [-0.39, 0.29) is 5.91 Å². The van der Waals surface area contributed by atoms with E-state index in [1.807, 2.05) is 18.2 Å². The lowest BCUT2D eigenvalue weighted by molar-refractivity contribution is 0.0830. The molecule has 3 aromatic rings. The van der Waals surface area contributed by atoms with Gasteiger partial charge in [-0.05, 0) is 42.5 Å². The van der Waals surface area contributed by atoms with E-state index in [1.165, 1.54) is 0 Å². The molecule has 1 aliphatic rings. The van der Waals surface area contributed by atoms with E-state index in [0.29, 0.717) is 18.8 Å². The number of aromatic nitrogens is 2. The maximum Gasteiger partial charge on any atom is 0.258 e. The van der Waals surface area contributed by atoms with E-state index in [9.17, 15) is 4.79 Å². The molecule has 1 aromatic heterocycles. The van der Waals surface area contributed by atoms with Crippen LogP contribution in [0.1, 0.15) is 16.2 Å². The van der Waals surface area contributed by atoms with Gasteiger partial charge in [-0.1, -0.05) is 0 Å². The lowest BCUT2D eigenvalue weighted by atomic mass is 10.1. The number of methoxy groups -OCH3 is 1. The van der Waals surface area contributed by atoms with Gasteiger partial charge in [-0.15, -0.1) is 0 Å². The van der Waals surface area contributed by atoms with Gasteiger partial charge in [0.25, 0.3) is 5.91 Å². The van der Waals surface area contributed by atoms with Crippen LogP contribution in [-0.2, 0) is 17.9 Å². The first-order chi connectivity index (χ1) is 12.2. The Morgan fingerprint density at radius 3 is 2.80 bits per heavy atom. The summed E-state index contributed by atoms with van der Waals surface area (Å²) in [7, 11) is 3.38. The van der Waals surface area contributed by atoms with Gasteiger partial charge in [0.05, 0.1) is 24.8 Å². The van der Waals surface area contributed by atoms with Gasteiger partial charge in [-0.25, -0.2) is 4.98 Å². The quantitative estimate of drug-likeness (QED) is 0.737. The van der Waals surface area contributed by atoms with Crippen LogP contribution in [0.2, 0.25) is 0 Å². The van der Waals surface area contributed by atoms with Crippen LogP contribution in [0, 0.1) is 0 Å². The first kappa shape index (κ1) is 15.7. The first-order valence-corrected chi connectivity index (χ1v) is 8.16. The van der Waals surface area contributed by atoms with Crippen molar-refractivity contribution in [2.45, 2.75) is 13.2 Å². The predicted octanol–water partition coefficient (Wildman–Crippen LogP) is 2.85. The monoisotopic (exact) mass is 337 g/mol. The molecule has 25 heavy (non-hydrogen) atoms. The van der Waals surface area contributed by atoms with Crippen molar-refractivity contribution < 1.29 is 14.3 Å². The molecule has 0 radical (unpaired) electrons. The van der Waals surface area contributed by atoms with Gasteiger partial charge in [0, 0.05) is 24.8 Å². The Labute approximate surface area is 145 Å². The molecule has 6 nitrogen and oxygen atoms in total. The zero-order valence-corrected chi connectivity index (χ0v) is 14.2. The number of hydrogen-bond acceptors (Lipinski definition) is 4. The number of fused-ring (bicyclic) bond motifs is 3. The first-order valence-electron chi connectivity index (χ1n) is 8.16. The molecule has 0 aliphatic carbocycles. The highest BCUT2D eigenvalue weighted by Crippen LogP contribution is 2.25. The Morgan fingerprint density at radius 2 is 2.04 bits per heavy atom. The van der Waals surface area contributed by atoms with Gasteiger partial charge in [-0.3, -0.25) is 4.79 Å². The minimum Gasteiger partial charge on any atom is -0.497 e. The SMILES string of the molecule is COc1ccc(C(=O)N(C)c2ccc3c(c2)nc2n3CCOC2)cc1. The van der Waals surface area contributed by atoms with Crippen molar-refractivity contribution in [1.82, 2.24) is 9.55 Å². The highest BCUT2D eigenvalue weighted by Gasteiger charge is 2.18. The fourth-order valence-electron chi connectivity index (χ4n) is 3.10. The molecule has 128 valence electrons. The minimum atomic E-state index is -0.0747. The molecule has 0 fully saturated rings. The number of nitrogens with zero attached hydrogens (tertiary/aromatic N) is 3. The third kappa shape index (κ3) is 2.74. The third-order valence-corrected chi connectivity index (χ3v) is 4.53. The Morgan fingerprint density at radius 1 is 1.24 bits per heavy atom. The van der Waals surface area contributed by atoms with Crippen LogP contribution in [0.3, 0.4) is 0 Å². The lowest BCUT2D eigenvalue weighted by Gasteiger charge is -2.18. The zero-order chi connectivity index (χ0) is 17.4. The van der Waals surface area contributed by atoms with Crippen molar-refractivity contribution in [3.8, 4) is 5.75 Å². The Balaban J connectivity index is 1.64. The van der Waals surface area contributed by atoms with Crippen molar-refractivity contribution in [3.63, 3.8) is 0 Å². The summed E-state index contributed by atoms with van der Waals surface area (Å²) in [6.07, 6.45) is 0. The third-order valence-electron chi connectivity index (χ3n) is 4.53. The topological polar surface area (TPSA) is 56.6 Å². The maximum atomic E-state index is 12.7. The van der Waals surface area contributed by atoms with E-state index >= 15 is 0 Å². The average molecular weight is 337 g/mol. The second-order valence-corrected chi connectivity index (χ2v) is 6.00. The normalized spacial score (nSPS) is 13.5. The van der Waals surface area contributed by atoms with Gasteiger partial charge < -0.3 is 18.9 Å². The van der Waals surface area contributed by atoms with E-state index in [1.54, 1.807) is 43.3 Å². The van der Waals surface area contributed by atoms with Crippen molar-refractivity contribution in [3.05, 3.63) is 53.9 Å². The number of imidazole rings is 1. The fourth-order valence-corrected chi connectivity index (χ4v) is 3.10. The number of carbonyl (C=O) groups excluding carboxylic acids is 1. The predicted molar refractivity (Wildman–Crippen MR) is 95.1 cm³/mol. The van der Waals surface area contributed by atoms with Crippen molar-refractivity contribution in [2.24, 2.45) is 0 Å². The molecule has 4 rings (SSSR count). The van der Waals surface area contributed by atoms with Crippen LogP contribution in [0.5, 0.6) is 5.75 Å².